The maximum absolute atomic E-state index is 5.48. The lowest BCUT2D eigenvalue weighted by atomic mass is 10.5. The Morgan fingerprint density at radius 3 is 3.00 bits per heavy atom. The Morgan fingerprint density at radius 2 is 2.56 bits per heavy atom. The fraction of sp³-hybridized carbons (Fsp3) is 0.200. The van der Waals surface area contributed by atoms with Crippen molar-refractivity contribution in [1.29, 1.82) is 0 Å². The highest BCUT2D eigenvalue weighted by Crippen LogP contribution is 1.92. The van der Waals surface area contributed by atoms with Crippen LogP contribution in [0.4, 0.5) is 0 Å². The Morgan fingerprint density at radius 1 is 1.78 bits per heavy atom. The van der Waals surface area contributed by atoms with Crippen LogP contribution in [-0.2, 0) is 0 Å². The molecule has 0 aliphatic carbocycles. The average molecular weight is 124 g/mol. The van der Waals surface area contributed by atoms with E-state index in [1.165, 1.54) is 4.68 Å². The molecule has 1 aromatic rings. The molecule has 0 aromatic carbocycles. The second kappa shape index (κ2) is 2.41. The molecule has 2 N–H and O–H groups in total. The Bertz CT molecular complexity index is 179. The van der Waals surface area contributed by atoms with Crippen LogP contribution < -0.4 is 5.73 Å². The smallest absolute Gasteiger partial charge is 0.119 e. The van der Waals surface area contributed by atoms with E-state index < -0.39 is 0 Å². The third kappa shape index (κ3) is 1.14. The van der Waals surface area contributed by atoms with Gasteiger partial charge in [-0.05, 0) is 0 Å². The normalized spacial score (nSPS) is 13.0. The summed E-state index contributed by atoms with van der Waals surface area (Å²) < 4.78 is 1.52. The van der Waals surface area contributed by atoms with Crippen LogP contribution in [0.5, 0.6) is 0 Å². The molecule has 1 aromatic heterocycles. The van der Waals surface area contributed by atoms with Crippen LogP contribution in [0, 0.1) is 0 Å². The molecule has 4 nitrogen and oxygen atoms in total. The number of hydrogen-bond donors (Lipinski definition) is 1. The Kier molecular flexibility index (Phi) is 1.60. The maximum Gasteiger partial charge on any atom is 0.119 e. The minimum absolute atomic E-state index is 0.257. The lowest BCUT2D eigenvalue weighted by Gasteiger charge is -2.02. The van der Waals surface area contributed by atoms with Crippen molar-refractivity contribution < 1.29 is 0 Å². The fourth-order valence-corrected chi connectivity index (χ4v) is 0.484. The predicted molar refractivity (Wildman–Crippen MR) is 33.4 cm³/mol. The molecule has 0 radical (unpaired) electrons. The van der Waals surface area contributed by atoms with Crippen LogP contribution in [0.3, 0.4) is 0 Å². The zero-order valence-corrected chi connectivity index (χ0v) is 4.94. The van der Waals surface area contributed by atoms with Gasteiger partial charge >= 0.3 is 0 Å². The van der Waals surface area contributed by atoms with Crippen LogP contribution in [0.2, 0.25) is 0 Å². The highest BCUT2D eigenvalue weighted by atomic mass is 15.4. The molecule has 0 saturated carbocycles. The summed E-state index contributed by atoms with van der Waals surface area (Å²) in [5, 5.41) is 7.23. The molecule has 1 rings (SSSR count). The summed E-state index contributed by atoms with van der Waals surface area (Å²) in [5.41, 5.74) is 5.48. The molecule has 4 heteroatoms. The first-order valence-electron chi connectivity index (χ1n) is 2.58. The van der Waals surface area contributed by atoms with Crippen molar-refractivity contribution in [3.05, 3.63) is 25.0 Å². The van der Waals surface area contributed by atoms with E-state index in [0.29, 0.717) is 0 Å². The predicted octanol–water partition coefficient (Wildman–Crippen LogP) is -0.0786. The van der Waals surface area contributed by atoms with Gasteiger partial charge in [-0.15, -0.1) is 5.10 Å². The monoisotopic (exact) mass is 124 g/mol. The van der Waals surface area contributed by atoms with Gasteiger partial charge in [0.25, 0.3) is 0 Å². The number of hydrogen-bond acceptors (Lipinski definition) is 3. The van der Waals surface area contributed by atoms with Crippen LogP contribution in [0.1, 0.15) is 6.17 Å². The Balaban J connectivity index is 2.76. The topological polar surface area (TPSA) is 56.7 Å². The third-order valence-corrected chi connectivity index (χ3v) is 0.988. The van der Waals surface area contributed by atoms with E-state index in [-0.39, 0.29) is 6.17 Å². The summed E-state index contributed by atoms with van der Waals surface area (Å²) in [6, 6.07) is 0. The van der Waals surface area contributed by atoms with Gasteiger partial charge in [0, 0.05) is 6.20 Å². The average Bonchev–Trinajstić information content (AvgIpc) is 2.37. The summed E-state index contributed by atoms with van der Waals surface area (Å²) >= 11 is 0. The van der Waals surface area contributed by atoms with Gasteiger partial charge in [-0.2, -0.15) is 0 Å². The molecule has 0 aliphatic heterocycles. The van der Waals surface area contributed by atoms with Gasteiger partial charge in [-0.1, -0.05) is 17.9 Å². The Hall–Kier alpha value is -1.16. The van der Waals surface area contributed by atoms with Gasteiger partial charge in [0.2, 0.25) is 0 Å². The van der Waals surface area contributed by atoms with Gasteiger partial charge < -0.3 is 5.73 Å². The molecule has 0 fully saturated rings. The van der Waals surface area contributed by atoms with E-state index in [2.05, 4.69) is 16.9 Å². The molecule has 9 heavy (non-hydrogen) atoms. The standard InChI is InChI=1S/C5H8N4/c1-2-5(6)9-4-3-7-8-9/h2-5H,1,6H2. The minimum Gasteiger partial charge on any atom is -0.306 e. The largest absolute Gasteiger partial charge is 0.306 e. The van der Waals surface area contributed by atoms with Gasteiger partial charge in [-0.25, -0.2) is 4.68 Å². The lowest BCUT2D eigenvalue weighted by molar-refractivity contribution is 0.538. The zero-order valence-electron chi connectivity index (χ0n) is 4.94. The maximum atomic E-state index is 5.48. The number of nitrogens with two attached hydrogens (primary N) is 1. The van der Waals surface area contributed by atoms with E-state index >= 15 is 0 Å². The fourth-order valence-electron chi connectivity index (χ4n) is 0.484. The van der Waals surface area contributed by atoms with Crippen molar-refractivity contribution in [2.45, 2.75) is 6.17 Å². The molecular weight excluding hydrogens is 116 g/mol. The lowest BCUT2D eigenvalue weighted by Crippen LogP contribution is -2.16. The number of aromatic nitrogens is 3. The highest BCUT2D eigenvalue weighted by molar-refractivity contribution is 4.80. The van der Waals surface area contributed by atoms with Gasteiger partial charge in [0.15, 0.2) is 0 Å². The molecule has 0 bridgehead atoms. The SMILES string of the molecule is C=CC(N)n1ccnn1. The van der Waals surface area contributed by atoms with E-state index in [4.69, 9.17) is 5.73 Å². The van der Waals surface area contributed by atoms with Gasteiger partial charge in [-0.3, -0.25) is 0 Å². The molecular formula is C5H8N4. The highest BCUT2D eigenvalue weighted by Gasteiger charge is 1.95. The first kappa shape index (κ1) is 5.97. The van der Waals surface area contributed by atoms with Crippen molar-refractivity contribution in [2.24, 2.45) is 5.73 Å². The quantitative estimate of drug-likeness (QED) is 0.561. The van der Waals surface area contributed by atoms with Crippen molar-refractivity contribution >= 4 is 0 Å². The van der Waals surface area contributed by atoms with Gasteiger partial charge in [0.1, 0.15) is 6.17 Å². The second-order valence-electron chi connectivity index (χ2n) is 1.61. The van der Waals surface area contributed by atoms with E-state index in [1.54, 1.807) is 18.5 Å². The van der Waals surface area contributed by atoms with Crippen LogP contribution >= 0.6 is 0 Å². The van der Waals surface area contributed by atoms with E-state index in [1.807, 2.05) is 0 Å². The van der Waals surface area contributed by atoms with Gasteiger partial charge in [0.05, 0.1) is 6.20 Å². The molecule has 0 aliphatic rings. The van der Waals surface area contributed by atoms with Crippen LogP contribution in [-0.4, -0.2) is 15.0 Å². The molecule has 0 spiro atoms. The summed E-state index contributed by atoms with van der Waals surface area (Å²) in [6.45, 7) is 3.50. The van der Waals surface area contributed by atoms with Crippen molar-refractivity contribution in [3.63, 3.8) is 0 Å². The first-order chi connectivity index (χ1) is 4.34. The van der Waals surface area contributed by atoms with E-state index in [0.717, 1.165) is 0 Å². The number of nitrogens with zero attached hydrogens (tertiary/aromatic N) is 3. The van der Waals surface area contributed by atoms with Crippen molar-refractivity contribution in [2.75, 3.05) is 0 Å². The summed E-state index contributed by atoms with van der Waals surface area (Å²) in [6.07, 6.45) is 4.59. The van der Waals surface area contributed by atoms with Crippen LogP contribution in [0.25, 0.3) is 0 Å². The molecule has 1 unspecified atom stereocenters. The number of rotatable bonds is 2. The zero-order chi connectivity index (χ0) is 6.69. The molecule has 48 valence electrons. The molecule has 1 heterocycles. The molecule has 0 amide bonds. The first-order valence-corrected chi connectivity index (χ1v) is 2.58. The third-order valence-electron chi connectivity index (χ3n) is 0.988. The van der Waals surface area contributed by atoms with Crippen molar-refractivity contribution in [3.8, 4) is 0 Å². The Labute approximate surface area is 53.0 Å². The van der Waals surface area contributed by atoms with Crippen LogP contribution in [0.15, 0.2) is 25.0 Å². The molecule has 0 saturated heterocycles. The summed E-state index contributed by atoms with van der Waals surface area (Å²) in [7, 11) is 0. The minimum atomic E-state index is -0.257. The molecule has 1 atom stereocenters. The summed E-state index contributed by atoms with van der Waals surface area (Å²) in [4.78, 5) is 0. The van der Waals surface area contributed by atoms with E-state index in [9.17, 15) is 0 Å². The van der Waals surface area contributed by atoms with Crippen molar-refractivity contribution in [1.82, 2.24) is 15.0 Å². The second-order valence-corrected chi connectivity index (χ2v) is 1.61. The summed E-state index contributed by atoms with van der Waals surface area (Å²) in [5.74, 6) is 0.